The van der Waals surface area contributed by atoms with Gasteiger partial charge < -0.3 is 5.02 Å². The Kier molecular flexibility index (Phi) is 2.52. The van der Waals surface area contributed by atoms with Gasteiger partial charge in [-0.1, -0.05) is 24.3 Å². The second kappa shape index (κ2) is 3.81. The van der Waals surface area contributed by atoms with Crippen molar-refractivity contribution in [2.45, 2.75) is 0 Å². The van der Waals surface area contributed by atoms with Gasteiger partial charge in [-0.2, -0.15) is 5.10 Å². The Morgan fingerprint density at radius 3 is 2.50 bits per heavy atom. The Labute approximate surface area is 86.0 Å². The zero-order valence-corrected chi connectivity index (χ0v) is 7.94. The van der Waals surface area contributed by atoms with Crippen LogP contribution in [0.1, 0.15) is 0 Å². The lowest BCUT2D eigenvalue weighted by Gasteiger charge is -1.99. The third-order valence-corrected chi connectivity index (χ3v) is 2.13. The van der Waals surface area contributed by atoms with E-state index in [0.717, 1.165) is 5.56 Å². The number of hydrogen-bond acceptors (Lipinski definition) is 3. The summed E-state index contributed by atoms with van der Waals surface area (Å²) in [6.45, 7) is 0. The Morgan fingerprint density at radius 2 is 2.00 bits per heavy atom. The molecule has 2 rings (SSSR count). The van der Waals surface area contributed by atoms with Crippen LogP contribution in [0, 0.1) is 0 Å². The van der Waals surface area contributed by atoms with Crippen molar-refractivity contribution in [1.82, 2.24) is 15.2 Å². The molecule has 0 saturated carbocycles. The topological polar surface area (TPSA) is 61.8 Å². The molecule has 6 heteroatoms. The minimum atomic E-state index is -0.959. The van der Waals surface area contributed by atoms with Gasteiger partial charge in [0, 0.05) is 5.56 Å². The normalized spacial score (nSPS) is 10.1. The van der Waals surface area contributed by atoms with E-state index in [2.05, 4.69) is 15.2 Å². The smallest absolute Gasteiger partial charge is 0.431 e. The van der Waals surface area contributed by atoms with Crippen LogP contribution in [0.2, 0.25) is 0 Å². The van der Waals surface area contributed by atoms with E-state index in [1.54, 1.807) is 12.1 Å². The van der Waals surface area contributed by atoms with Crippen LogP contribution in [-0.2, 0) is 0 Å². The summed E-state index contributed by atoms with van der Waals surface area (Å²) >= 11 is 5.50. The summed E-state index contributed by atoms with van der Waals surface area (Å²) < 4.78 is 0. The summed E-state index contributed by atoms with van der Waals surface area (Å²) in [6.07, 6.45) is 0.485. The second-order valence-corrected chi connectivity index (χ2v) is 3.21. The highest BCUT2D eigenvalue weighted by atomic mass is 35.5. The van der Waals surface area contributed by atoms with Gasteiger partial charge in [-0.25, -0.2) is 4.98 Å². The average Bonchev–Trinajstić information content (AvgIpc) is 2.71. The van der Waals surface area contributed by atoms with E-state index in [1.165, 1.54) is 6.33 Å². The quantitative estimate of drug-likeness (QED) is 0.701. The predicted octanol–water partition coefficient (Wildman–Crippen LogP) is 0.398. The molecule has 1 aromatic heterocycles. The lowest BCUT2D eigenvalue weighted by atomic mass is 9.86. The number of aromatic amines is 1. The van der Waals surface area contributed by atoms with Crippen LogP contribution in [0.5, 0.6) is 0 Å². The van der Waals surface area contributed by atoms with Gasteiger partial charge in [-0.05, 0) is 5.46 Å². The molecule has 0 atom stereocenters. The molecule has 14 heavy (non-hydrogen) atoms. The zero-order valence-electron chi connectivity index (χ0n) is 7.18. The number of nitrogens with one attached hydrogen (secondary N) is 1. The number of hydrogen-bond donors (Lipinski definition) is 2. The highest BCUT2D eigenvalue weighted by molar-refractivity contribution is 7.09. The standard InChI is InChI=1S/C8H7BClN3O/c10-9(14)7-3-1-6(2-4-7)8-11-5-12-13-8/h1-5,14H,(H,11,12,13). The molecule has 1 aromatic carbocycles. The van der Waals surface area contributed by atoms with Crippen LogP contribution in [-0.4, -0.2) is 26.5 Å². The van der Waals surface area contributed by atoms with Gasteiger partial charge in [0.05, 0.1) is 0 Å². The van der Waals surface area contributed by atoms with E-state index in [9.17, 15) is 0 Å². The highest BCUT2D eigenvalue weighted by Gasteiger charge is 2.09. The fourth-order valence-electron chi connectivity index (χ4n) is 1.14. The van der Waals surface area contributed by atoms with Gasteiger partial charge in [0.1, 0.15) is 6.33 Å². The molecule has 0 radical (unpaired) electrons. The fourth-order valence-corrected chi connectivity index (χ4v) is 1.29. The van der Waals surface area contributed by atoms with Gasteiger partial charge in [-0.15, -0.1) is 11.5 Å². The summed E-state index contributed by atoms with van der Waals surface area (Å²) in [7, 11) is 0. The molecule has 0 bridgehead atoms. The first kappa shape index (κ1) is 9.24. The van der Waals surface area contributed by atoms with Gasteiger partial charge in [-0.3, -0.25) is 5.10 Å². The highest BCUT2D eigenvalue weighted by Crippen LogP contribution is 2.11. The molecule has 0 unspecified atom stereocenters. The zero-order chi connectivity index (χ0) is 9.97. The molecule has 1 heterocycles. The molecule has 0 aliphatic heterocycles. The molecule has 2 N–H and O–H groups in total. The van der Waals surface area contributed by atoms with Crippen molar-refractivity contribution in [2.24, 2.45) is 0 Å². The summed E-state index contributed by atoms with van der Waals surface area (Å²) in [4.78, 5) is 4.00. The maximum absolute atomic E-state index is 9.07. The van der Waals surface area contributed by atoms with E-state index >= 15 is 0 Å². The third kappa shape index (κ3) is 1.78. The van der Waals surface area contributed by atoms with Crippen LogP contribution in [0.25, 0.3) is 11.4 Å². The molecule has 2 aromatic rings. The molecule has 0 amide bonds. The van der Waals surface area contributed by atoms with Crippen molar-refractivity contribution in [3.8, 4) is 11.4 Å². The minimum Gasteiger partial charge on any atom is -0.434 e. The Balaban J connectivity index is 2.31. The maximum Gasteiger partial charge on any atom is 0.431 e. The maximum atomic E-state index is 9.07. The van der Waals surface area contributed by atoms with E-state index < -0.39 is 6.33 Å². The van der Waals surface area contributed by atoms with Crippen molar-refractivity contribution in [2.75, 3.05) is 0 Å². The van der Waals surface area contributed by atoms with Crippen molar-refractivity contribution in [3.63, 3.8) is 0 Å². The number of rotatable bonds is 2. The van der Waals surface area contributed by atoms with Crippen LogP contribution < -0.4 is 5.46 Å². The van der Waals surface area contributed by atoms with Crippen molar-refractivity contribution < 1.29 is 5.02 Å². The van der Waals surface area contributed by atoms with Crippen molar-refractivity contribution >= 4 is 23.3 Å². The van der Waals surface area contributed by atoms with Crippen LogP contribution in [0.15, 0.2) is 30.6 Å². The van der Waals surface area contributed by atoms with Gasteiger partial charge >= 0.3 is 6.33 Å². The lowest BCUT2D eigenvalue weighted by Crippen LogP contribution is -2.23. The molecule has 0 spiro atoms. The molecule has 70 valence electrons. The van der Waals surface area contributed by atoms with E-state index in [4.69, 9.17) is 16.5 Å². The third-order valence-electron chi connectivity index (χ3n) is 1.87. The summed E-state index contributed by atoms with van der Waals surface area (Å²) in [5, 5.41) is 15.6. The fraction of sp³-hybridized carbons (Fsp3) is 0. The molecular formula is C8H7BClN3O. The molecular weight excluding hydrogens is 200 g/mol. The van der Waals surface area contributed by atoms with Crippen molar-refractivity contribution in [3.05, 3.63) is 30.6 Å². The molecule has 0 saturated heterocycles. The monoisotopic (exact) mass is 207 g/mol. The van der Waals surface area contributed by atoms with Gasteiger partial charge in [0.25, 0.3) is 0 Å². The first-order chi connectivity index (χ1) is 6.77. The SMILES string of the molecule is OB(Cl)c1ccc(-c2ncn[nH]2)cc1. The van der Waals surface area contributed by atoms with Crippen LogP contribution in [0.3, 0.4) is 0 Å². The van der Waals surface area contributed by atoms with Gasteiger partial charge in [0.15, 0.2) is 5.82 Å². The summed E-state index contributed by atoms with van der Waals surface area (Å²) in [6, 6.07) is 7.13. The summed E-state index contributed by atoms with van der Waals surface area (Å²) in [5.74, 6) is 0.695. The van der Waals surface area contributed by atoms with Gasteiger partial charge in [0.2, 0.25) is 0 Å². The van der Waals surface area contributed by atoms with Crippen LogP contribution in [0.4, 0.5) is 0 Å². The molecule has 0 aliphatic carbocycles. The first-order valence-electron chi connectivity index (χ1n) is 4.05. The molecule has 0 fully saturated rings. The second-order valence-electron chi connectivity index (χ2n) is 2.79. The molecule has 4 nitrogen and oxygen atoms in total. The summed E-state index contributed by atoms with van der Waals surface area (Å²) in [5.41, 5.74) is 1.57. The number of halogens is 1. The average molecular weight is 207 g/mol. The van der Waals surface area contributed by atoms with Crippen LogP contribution >= 0.6 is 11.5 Å². The number of nitrogens with zero attached hydrogens (tertiary/aromatic N) is 2. The predicted molar refractivity (Wildman–Crippen MR) is 55.3 cm³/mol. The van der Waals surface area contributed by atoms with E-state index in [1.807, 2.05) is 12.1 Å². The number of benzene rings is 1. The van der Waals surface area contributed by atoms with E-state index in [-0.39, 0.29) is 0 Å². The largest absolute Gasteiger partial charge is 0.434 e. The minimum absolute atomic E-state index is 0.662. The number of aromatic nitrogens is 3. The molecule has 0 aliphatic rings. The Hall–Kier alpha value is -1.33. The first-order valence-corrected chi connectivity index (χ1v) is 4.49. The Morgan fingerprint density at radius 1 is 1.29 bits per heavy atom. The Bertz CT molecular complexity index is 401. The number of H-pyrrole nitrogens is 1. The van der Waals surface area contributed by atoms with E-state index in [0.29, 0.717) is 11.3 Å². The van der Waals surface area contributed by atoms with Crippen molar-refractivity contribution in [1.29, 1.82) is 0 Å². The lowest BCUT2D eigenvalue weighted by molar-refractivity contribution is 0.607.